The molecule has 5 nitrogen and oxygen atoms in total. The second-order valence-electron chi connectivity index (χ2n) is 5.88. The first kappa shape index (κ1) is 20.3. The summed E-state index contributed by atoms with van der Waals surface area (Å²) in [6.45, 7) is 0. The quantitative estimate of drug-likeness (QED) is 0.466. The molecule has 0 bridgehead atoms. The molecule has 0 aliphatic rings. The zero-order valence-corrected chi connectivity index (χ0v) is 16.4. The van der Waals surface area contributed by atoms with Crippen LogP contribution in [0.5, 0.6) is 0 Å². The number of rotatable bonds is 5. The molecule has 0 unspecified atom stereocenters. The standard InChI is InChI=1S/C21H12ClFN4OS/c22-14-5-1-13(2-6-14)19-16(9-24)20(26)27-21(17(19)10-25)29-11-18(28)12-3-7-15(23)8-4-12/h1-8H,11H2,(H2,26,27). The van der Waals surface area contributed by atoms with E-state index in [-0.39, 0.29) is 33.5 Å². The molecule has 0 atom stereocenters. The zero-order chi connectivity index (χ0) is 21.0. The summed E-state index contributed by atoms with van der Waals surface area (Å²) >= 11 is 6.96. The lowest BCUT2D eigenvalue weighted by Crippen LogP contribution is -2.06. The maximum atomic E-state index is 13.0. The third kappa shape index (κ3) is 4.38. The topological polar surface area (TPSA) is 104 Å². The van der Waals surface area contributed by atoms with Crippen molar-refractivity contribution in [1.29, 1.82) is 10.5 Å². The van der Waals surface area contributed by atoms with Crippen LogP contribution in [0.3, 0.4) is 0 Å². The van der Waals surface area contributed by atoms with E-state index in [9.17, 15) is 19.7 Å². The van der Waals surface area contributed by atoms with Gasteiger partial charge in [0.25, 0.3) is 0 Å². The summed E-state index contributed by atoms with van der Waals surface area (Å²) in [6, 6.07) is 15.9. The fourth-order valence-corrected chi connectivity index (χ4v) is 3.68. The molecular weight excluding hydrogens is 411 g/mol. The van der Waals surface area contributed by atoms with Crippen molar-refractivity contribution in [2.45, 2.75) is 5.03 Å². The van der Waals surface area contributed by atoms with Gasteiger partial charge in [-0.05, 0) is 42.0 Å². The molecule has 0 aliphatic heterocycles. The van der Waals surface area contributed by atoms with Crippen LogP contribution < -0.4 is 5.73 Å². The van der Waals surface area contributed by atoms with Gasteiger partial charge in [-0.3, -0.25) is 4.79 Å². The first-order valence-electron chi connectivity index (χ1n) is 8.25. The minimum Gasteiger partial charge on any atom is -0.383 e. The number of pyridine rings is 1. The second-order valence-corrected chi connectivity index (χ2v) is 7.28. The van der Waals surface area contributed by atoms with Gasteiger partial charge in [-0.1, -0.05) is 35.5 Å². The van der Waals surface area contributed by atoms with E-state index >= 15 is 0 Å². The number of hydrogen-bond donors (Lipinski definition) is 1. The zero-order valence-electron chi connectivity index (χ0n) is 14.8. The Labute approximate surface area is 175 Å². The van der Waals surface area contributed by atoms with Crippen molar-refractivity contribution in [3.8, 4) is 23.3 Å². The number of halogens is 2. The Morgan fingerprint density at radius 3 is 2.28 bits per heavy atom. The van der Waals surface area contributed by atoms with E-state index in [1.165, 1.54) is 24.3 Å². The van der Waals surface area contributed by atoms with Crippen molar-refractivity contribution in [2.75, 3.05) is 11.5 Å². The van der Waals surface area contributed by atoms with Crippen LogP contribution in [0.25, 0.3) is 11.1 Å². The third-order valence-corrected chi connectivity index (χ3v) is 5.28. The van der Waals surface area contributed by atoms with Gasteiger partial charge in [0.15, 0.2) is 5.78 Å². The molecule has 2 N–H and O–H groups in total. The highest BCUT2D eigenvalue weighted by atomic mass is 35.5. The average Bonchev–Trinajstić information content (AvgIpc) is 2.72. The smallest absolute Gasteiger partial charge is 0.173 e. The van der Waals surface area contributed by atoms with Crippen molar-refractivity contribution >= 4 is 35.0 Å². The van der Waals surface area contributed by atoms with Crippen molar-refractivity contribution in [2.24, 2.45) is 0 Å². The Morgan fingerprint density at radius 2 is 1.69 bits per heavy atom. The van der Waals surface area contributed by atoms with E-state index in [2.05, 4.69) is 11.1 Å². The molecule has 8 heteroatoms. The molecule has 0 aliphatic carbocycles. The highest BCUT2D eigenvalue weighted by molar-refractivity contribution is 8.00. The summed E-state index contributed by atoms with van der Waals surface area (Å²) < 4.78 is 13.0. The number of nitrogens with two attached hydrogens (primary N) is 1. The molecule has 0 fully saturated rings. The molecule has 29 heavy (non-hydrogen) atoms. The lowest BCUT2D eigenvalue weighted by Gasteiger charge is -2.13. The van der Waals surface area contributed by atoms with Crippen LogP contribution in [-0.4, -0.2) is 16.5 Å². The Balaban J connectivity index is 2.00. The lowest BCUT2D eigenvalue weighted by atomic mass is 9.97. The van der Waals surface area contributed by atoms with E-state index in [0.29, 0.717) is 21.7 Å². The van der Waals surface area contributed by atoms with Crippen molar-refractivity contribution in [1.82, 2.24) is 4.98 Å². The number of Topliss-reactive ketones (excluding diaryl/α,β-unsaturated/α-hetero) is 1. The molecule has 2 aromatic carbocycles. The lowest BCUT2D eigenvalue weighted by molar-refractivity contribution is 0.102. The first-order chi connectivity index (χ1) is 13.9. The van der Waals surface area contributed by atoms with Crippen LogP contribution in [0.15, 0.2) is 53.6 Å². The molecular formula is C21H12ClFN4OS. The van der Waals surface area contributed by atoms with Gasteiger partial charge in [-0.15, -0.1) is 0 Å². The van der Waals surface area contributed by atoms with Crippen molar-refractivity contribution < 1.29 is 9.18 Å². The van der Waals surface area contributed by atoms with E-state index in [1.54, 1.807) is 24.3 Å². The van der Waals surface area contributed by atoms with Crippen LogP contribution in [0.1, 0.15) is 21.5 Å². The summed E-state index contributed by atoms with van der Waals surface area (Å²) in [4.78, 5) is 16.5. The number of nitrogen functional groups attached to an aromatic ring is 1. The maximum absolute atomic E-state index is 13.0. The van der Waals surface area contributed by atoms with Crippen LogP contribution in [0.2, 0.25) is 5.02 Å². The maximum Gasteiger partial charge on any atom is 0.173 e. The summed E-state index contributed by atoms with van der Waals surface area (Å²) in [5.74, 6) is -0.751. The normalized spacial score (nSPS) is 10.2. The van der Waals surface area contributed by atoms with Crippen LogP contribution in [-0.2, 0) is 0 Å². The monoisotopic (exact) mass is 422 g/mol. The van der Waals surface area contributed by atoms with E-state index in [4.69, 9.17) is 17.3 Å². The number of benzene rings is 2. The third-order valence-electron chi connectivity index (χ3n) is 4.05. The second kappa shape index (κ2) is 8.74. The molecule has 0 amide bonds. The molecule has 0 radical (unpaired) electrons. The van der Waals surface area contributed by atoms with Gasteiger partial charge in [0, 0.05) is 16.1 Å². The summed E-state index contributed by atoms with van der Waals surface area (Å²) in [5, 5.41) is 20.0. The Kier molecular flexibility index (Phi) is 6.13. The number of carbonyl (C=O) groups excluding carboxylic acids is 1. The molecule has 3 aromatic rings. The number of hydrogen-bond acceptors (Lipinski definition) is 6. The van der Waals surface area contributed by atoms with Crippen LogP contribution in [0.4, 0.5) is 10.2 Å². The number of carbonyl (C=O) groups is 1. The van der Waals surface area contributed by atoms with Crippen LogP contribution in [0, 0.1) is 28.5 Å². The fourth-order valence-electron chi connectivity index (χ4n) is 2.66. The summed E-state index contributed by atoms with van der Waals surface area (Å²) in [5.41, 5.74) is 7.45. The number of thioether (sulfide) groups is 1. The van der Waals surface area contributed by atoms with Crippen LogP contribution >= 0.6 is 23.4 Å². The van der Waals surface area contributed by atoms with E-state index in [0.717, 1.165) is 11.8 Å². The highest BCUT2D eigenvalue weighted by Crippen LogP contribution is 2.36. The summed E-state index contributed by atoms with van der Waals surface area (Å²) in [7, 11) is 0. The Morgan fingerprint density at radius 1 is 1.07 bits per heavy atom. The fraction of sp³-hybridized carbons (Fsp3) is 0.0476. The minimum atomic E-state index is -0.435. The number of nitrogens with zero attached hydrogens (tertiary/aromatic N) is 3. The largest absolute Gasteiger partial charge is 0.383 e. The van der Waals surface area contributed by atoms with Gasteiger partial charge in [0.1, 0.15) is 34.4 Å². The van der Waals surface area contributed by atoms with E-state index < -0.39 is 5.82 Å². The van der Waals surface area contributed by atoms with Gasteiger partial charge in [-0.2, -0.15) is 10.5 Å². The van der Waals surface area contributed by atoms with Gasteiger partial charge in [0.05, 0.1) is 11.3 Å². The minimum absolute atomic E-state index is 0.0291. The highest BCUT2D eigenvalue weighted by Gasteiger charge is 2.21. The molecule has 0 saturated heterocycles. The SMILES string of the molecule is N#Cc1c(N)nc(SCC(=O)c2ccc(F)cc2)c(C#N)c1-c1ccc(Cl)cc1. The molecule has 1 heterocycles. The molecule has 1 aromatic heterocycles. The molecule has 142 valence electrons. The number of nitriles is 2. The van der Waals surface area contributed by atoms with Gasteiger partial charge in [-0.25, -0.2) is 9.37 Å². The number of anilines is 1. The molecule has 0 spiro atoms. The number of ketones is 1. The Hall–Kier alpha value is -3.39. The van der Waals surface area contributed by atoms with Crippen molar-refractivity contribution in [3.05, 3.63) is 76.1 Å². The van der Waals surface area contributed by atoms with E-state index in [1.807, 2.05) is 6.07 Å². The molecule has 3 rings (SSSR count). The predicted molar refractivity (Wildman–Crippen MR) is 110 cm³/mol. The first-order valence-corrected chi connectivity index (χ1v) is 9.62. The molecule has 0 saturated carbocycles. The van der Waals surface area contributed by atoms with Gasteiger partial charge < -0.3 is 5.73 Å². The summed E-state index contributed by atoms with van der Waals surface area (Å²) in [6.07, 6.45) is 0. The average molecular weight is 423 g/mol. The number of aromatic nitrogens is 1. The van der Waals surface area contributed by atoms with Gasteiger partial charge in [0.2, 0.25) is 0 Å². The van der Waals surface area contributed by atoms with Crippen molar-refractivity contribution in [3.63, 3.8) is 0 Å². The predicted octanol–water partition coefficient (Wildman–Crippen LogP) is 4.84. The van der Waals surface area contributed by atoms with Gasteiger partial charge >= 0.3 is 0 Å². The Bertz CT molecular complexity index is 1170.